The van der Waals surface area contributed by atoms with Crippen molar-refractivity contribution in [2.75, 3.05) is 7.11 Å². The van der Waals surface area contributed by atoms with E-state index in [2.05, 4.69) is 13.8 Å². The van der Waals surface area contributed by atoms with E-state index in [-0.39, 0.29) is 24.1 Å². The molecule has 1 heterocycles. The smallest absolute Gasteiger partial charge is 0.346 e. The number of methoxy groups -OCH3 is 1. The van der Waals surface area contributed by atoms with Gasteiger partial charge in [-0.3, -0.25) is 4.79 Å². The van der Waals surface area contributed by atoms with Gasteiger partial charge < -0.3 is 18.9 Å². The van der Waals surface area contributed by atoms with E-state index in [1.54, 1.807) is 19.2 Å². The van der Waals surface area contributed by atoms with E-state index in [1.807, 2.05) is 19.1 Å². The maximum absolute atomic E-state index is 12.9. The van der Waals surface area contributed by atoms with E-state index < -0.39 is 5.97 Å². The zero-order valence-corrected chi connectivity index (χ0v) is 18.4. The molecule has 1 saturated carbocycles. The van der Waals surface area contributed by atoms with Gasteiger partial charge in [-0.2, -0.15) is 0 Å². The van der Waals surface area contributed by atoms with Crippen molar-refractivity contribution in [2.24, 2.45) is 11.8 Å². The van der Waals surface area contributed by atoms with Crippen LogP contribution in [0.15, 0.2) is 24.3 Å². The number of carbonyl (C=O) groups excluding carboxylic acids is 2. The van der Waals surface area contributed by atoms with Crippen LogP contribution in [0.25, 0.3) is 0 Å². The van der Waals surface area contributed by atoms with Crippen LogP contribution in [0.2, 0.25) is 0 Å². The molecule has 0 saturated heterocycles. The van der Waals surface area contributed by atoms with Gasteiger partial charge in [-0.1, -0.05) is 19.9 Å². The van der Waals surface area contributed by atoms with Gasteiger partial charge in [0.25, 0.3) is 0 Å². The zero-order valence-electron chi connectivity index (χ0n) is 18.4. The summed E-state index contributed by atoms with van der Waals surface area (Å²) in [4.78, 5) is 25.2. The maximum Gasteiger partial charge on any atom is 0.346 e. The number of carbonyl (C=O) groups is 2. The van der Waals surface area contributed by atoms with Crippen LogP contribution in [-0.4, -0.2) is 19.0 Å². The monoisotopic (exact) mass is 424 g/mol. The highest BCUT2D eigenvalue weighted by Crippen LogP contribution is 2.44. The number of aryl methyl sites for hydroxylation is 2. The minimum Gasteiger partial charge on any atom is -0.495 e. The van der Waals surface area contributed by atoms with Crippen molar-refractivity contribution in [1.82, 2.24) is 0 Å². The van der Waals surface area contributed by atoms with E-state index in [4.69, 9.17) is 18.9 Å². The van der Waals surface area contributed by atoms with Crippen molar-refractivity contribution in [3.8, 4) is 23.0 Å². The molecule has 0 aromatic heterocycles. The van der Waals surface area contributed by atoms with Crippen molar-refractivity contribution in [2.45, 2.75) is 53.1 Å². The molecular weight excluding hydrogens is 396 g/mol. The SMILES string of the molecule is COc1c(CCC(C)C)ccc2c1C(=O)OCc1cc(C)cc(OC(=O)C3CC3)c1O2. The van der Waals surface area contributed by atoms with E-state index >= 15 is 0 Å². The van der Waals surface area contributed by atoms with Crippen molar-refractivity contribution in [3.05, 3.63) is 46.5 Å². The predicted molar refractivity (Wildman–Crippen MR) is 115 cm³/mol. The first-order chi connectivity index (χ1) is 14.9. The number of fused-ring (bicyclic) bond motifs is 2. The molecule has 0 bridgehead atoms. The number of cyclic esters (lactones) is 1. The number of ether oxygens (including phenoxy) is 4. The Labute approximate surface area is 182 Å². The average Bonchev–Trinajstić information content (AvgIpc) is 3.56. The molecule has 6 heteroatoms. The van der Waals surface area contributed by atoms with Gasteiger partial charge in [0, 0.05) is 5.56 Å². The summed E-state index contributed by atoms with van der Waals surface area (Å²) in [5.41, 5.74) is 2.73. The van der Waals surface area contributed by atoms with Crippen LogP contribution < -0.4 is 14.2 Å². The summed E-state index contributed by atoms with van der Waals surface area (Å²) >= 11 is 0. The van der Waals surface area contributed by atoms with Gasteiger partial charge in [0.1, 0.15) is 23.7 Å². The number of benzene rings is 2. The third-order valence-electron chi connectivity index (χ3n) is 5.57. The fourth-order valence-electron chi connectivity index (χ4n) is 3.71. The maximum atomic E-state index is 12.9. The lowest BCUT2D eigenvalue weighted by molar-refractivity contribution is -0.135. The Bertz CT molecular complexity index is 1020. The second kappa shape index (κ2) is 8.61. The molecule has 1 aliphatic heterocycles. The Kier molecular flexibility index (Phi) is 5.90. The lowest BCUT2D eigenvalue weighted by Gasteiger charge is -2.23. The summed E-state index contributed by atoms with van der Waals surface area (Å²) in [6.45, 7) is 6.22. The molecule has 1 fully saturated rings. The molecule has 2 aromatic rings. The fourth-order valence-corrected chi connectivity index (χ4v) is 3.71. The number of rotatable bonds is 6. The van der Waals surface area contributed by atoms with Crippen LogP contribution >= 0.6 is 0 Å². The number of hydrogen-bond acceptors (Lipinski definition) is 6. The first-order valence-corrected chi connectivity index (χ1v) is 10.8. The van der Waals surface area contributed by atoms with Crippen molar-refractivity contribution >= 4 is 11.9 Å². The number of hydrogen-bond donors (Lipinski definition) is 0. The summed E-state index contributed by atoms with van der Waals surface area (Å²) in [6.07, 6.45) is 3.45. The third-order valence-corrected chi connectivity index (χ3v) is 5.57. The van der Waals surface area contributed by atoms with Crippen LogP contribution in [-0.2, 0) is 22.6 Å². The average molecular weight is 424 g/mol. The molecule has 0 atom stereocenters. The zero-order chi connectivity index (χ0) is 22.1. The second-order valence-electron chi connectivity index (χ2n) is 8.69. The van der Waals surface area contributed by atoms with Crippen molar-refractivity contribution in [1.29, 1.82) is 0 Å². The largest absolute Gasteiger partial charge is 0.495 e. The summed E-state index contributed by atoms with van der Waals surface area (Å²) in [6, 6.07) is 7.32. The predicted octanol–water partition coefficient (Wildman–Crippen LogP) is 5.37. The third kappa shape index (κ3) is 4.53. The van der Waals surface area contributed by atoms with Gasteiger partial charge in [0.05, 0.1) is 13.0 Å². The normalized spacial score (nSPS) is 15.2. The van der Waals surface area contributed by atoms with Crippen molar-refractivity contribution < 1.29 is 28.5 Å². The molecule has 2 aliphatic rings. The molecule has 0 radical (unpaired) electrons. The molecule has 164 valence electrons. The van der Waals surface area contributed by atoms with Crippen LogP contribution in [0.5, 0.6) is 23.0 Å². The Balaban J connectivity index is 1.76. The topological polar surface area (TPSA) is 71.1 Å². The Morgan fingerprint density at radius 3 is 2.68 bits per heavy atom. The first-order valence-electron chi connectivity index (χ1n) is 10.8. The number of esters is 2. The van der Waals surface area contributed by atoms with Gasteiger partial charge >= 0.3 is 11.9 Å². The molecular formula is C25H28O6. The first kappa shape index (κ1) is 21.2. The van der Waals surface area contributed by atoms with Gasteiger partial charge in [-0.25, -0.2) is 4.79 Å². The van der Waals surface area contributed by atoms with Crippen molar-refractivity contribution in [3.63, 3.8) is 0 Å². The van der Waals surface area contributed by atoms with Crippen LogP contribution in [0.3, 0.4) is 0 Å². The molecule has 2 aromatic carbocycles. The molecule has 0 N–H and O–H groups in total. The van der Waals surface area contributed by atoms with E-state index in [1.165, 1.54) is 0 Å². The lowest BCUT2D eigenvalue weighted by Crippen LogP contribution is -2.16. The van der Waals surface area contributed by atoms with E-state index in [9.17, 15) is 9.59 Å². The highest BCUT2D eigenvalue weighted by Gasteiger charge is 2.33. The quantitative estimate of drug-likeness (QED) is 0.459. The van der Waals surface area contributed by atoms with E-state index in [0.717, 1.165) is 36.8 Å². The standard InChI is InChI=1S/C25H28O6/c1-14(2)5-6-16-9-10-19-21(23(16)28-4)25(27)29-13-18-11-15(3)12-20(22(18)30-19)31-24(26)17-7-8-17/h9-12,14,17H,5-8,13H2,1-4H3. The minimum absolute atomic E-state index is 0.0165. The molecule has 0 amide bonds. The molecule has 4 rings (SSSR count). The Morgan fingerprint density at radius 1 is 1.23 bits per heavy atom. The molecule has 31 heavy (non-hydrogen) atoms. The second-order valence-corrected chi connectivity index (χ2v) is 8.69. The summed E-state index contributed by atoms with van der Waals surface area (Å²) in [5, 5.41) is 0. The molecule has 6 nitrogen and oxygen atoms in total. The van der Waals surface area contributed by atoms with Gasteiger partial charge in [0.15, 0.2) is 11.5 Å². The van der Waals surface area contributed by atoms with Crippen LogP contribution in [0.4, 0.5) is 0 Å². The highest BCUT2D eigenvalue weighted by atomic mass is 16.6. The summed E-state index contributed by atoms with van der Waals surface area (Å²) in [5.74, 6) is 1.26. The Hall–Kier alpha value is -3.02. The fraction of sp³-hybridized carbons (Fsp3) is 0.440. The minimum atomic E-state index is -0.498. The van der Waals surface area contributed by atoms with Crippen LogP contribution in [0.1, 0.15) is 60.2 Å². The highest BCUT2D eigenvalue weighted by molar-refractivity contribution is 5.96. The molecule has 0 unspecified atom stereocenters. The van der Waals surface area contributed by atoms with Crippen LogP contribution in [0, 0.1) is 18.8 Å². The van der Waals surface area contributed by atoms with Gasteiger partial charge in [0.2, 0.25) is 0 Å². The molecule has 1 aliphatic carbocycles. The summed E-state index contributed by atoms with van der Waals surface area (Å²) < 4.78 is 23.1. The summed E-state index contributed by atoms with van der Waals surface area (Å²) in [7, 11) is 1.54. The van der Waals surface area contributed by atoms with Gasteiger partial charge in [-0.15, -0.1) is 0 Å². The van der Waals surface area contributed by atoms with E-state index in [0.29, 0.717) is 34.5 Å². The molecule has 0 spiro atoms. The Morgan fingerprint density at radius 2 is 2.00 bits per heavy atom. The van der Waals surface area contributed by atoms with Gasteiger partial charge in [-0.05, 0) is 67.9 Å². The lowest BCUT2D eigenvalue weighted by atomic mass is 9.99.